The molecule has 1 aromatic carbocycles. The Hall–Kier alpha value is -1.06. The van der Waals surface area contributed by atoms with E-state index in [4.69, 9.17) is 16.6 Å². The van der Waals surface area contributed by atoms with Gasteiger partial charge in [-0.1, -0.05) is 12.1 Å². The van der Waals surface area contributed by atoms with Gasteiger partial charge in [-0.25, -0.2) is 0 Å². The normalized spacial score (nSPS) is 12.8. The fourth-order valence-electron chi connectivity index (χ4n) is 1.02. The van der Waals surface area contributed by atoms with Gasteiger partial charge in [-0.3, -0.25) is 0 Å². The van der Waals surface area contributed by atoms with E-state index in [1.165, 1.54) is 0 Å². The van der Waals surface area contributed by atoms with Gasteiger partial charge in [0.1, 0.15) is 0 Å². The first-order valence-corrected chi connectivity index (χ1v) is 3.93. The third-order valence-corrected chi connectivity index (χ3v) is 1.71. The summed E-state index contributed by atoms with van der Waals surface area (Å²) >= 11 is 0. The molecule has 12 heavy (non-hydrogen) atoms. The van der Waals surface area contributed by atoms with Gasteiger partial charge < -0.3 is 16.6 Å². The van der Waals surface area contributed by atoms with Crippen LogP contribution in [0.1, 0.15) is 5.56 Å². The van der Waals surface area contributed by atoms with Crippen LogP contribution < -0.4 is 11.5 Å². The van der Waals surface area contributed by atoms with Gasteiger partial charge in [0.15, 0.2) is 0 Å². The van der Waals surface area contributed by atoms with E-state index in [-0.39, 0.29) is 12.6 Å². The maximum absolute atomic E-state index is 8.70. The summed E-state index contributed by atoms with van der Waals surface area (Å²) in [5.74, 6) is 0. The van der Waals surface area contributed by atoms with Crippen LogP contribution in [0.25, 0.3) is 0 Å². The summed E-state index contributed by atoms with van der Waals surface area (Å²) in [5, 5.41) is 8.70. The van der Waals surface area contributed by atoms with E-state index in [1.54, 1.807) is 0 Å². The molecule has 0 aliphatic rings. The number of aliphatic hydroxyl groups is 1. The molecule has 1 aromatic rings. The van der Waals surface area contributed by atoms with Crippen molar-refractivity contribution < 1.29 is 5.11 Å². The van der Waals surface area contributed by atoms with E-state index in [1.807, 2.05) is 24.3 Å². The van der Waals surface area contributed by atoms with Gasteiger partial charge in [0.25, 0.3) is 0 Å². The lowest BCUT2D eigenvalue weighted by molar-refractivity contribution is 0.265. The molecule has 0 aliphatic carbocycles. The largest absolute Gasteiger partial charge is 0.399 e. The molecule has 0 heterocycles. The van der Waals surface area contributed by atoms with Crippen molar-refractivity contribution in [3.05, 3.63) is 29.8 Å². The number of benzene rings is 1. The molecule has 66 valence electrons. The lowest BCUT2D eigenvalue weighted by Crippen LogP contribution is -2.26. The first-order chi connectivity index (χ1) is 5.72. The minimum Gasteiger partial charge on any atom is -0.399 e. The fraction of sp³-hybridized carbons (Fsp3) is 0.333. The van der Waals surface area contributed by atoms with E-state index in [0.29, 0.717) is 6.42 Å². The van der Waals surface area contributed by atoms with E-state index in [9.17, 15) is 0 Å². The van der Waals surface area contributed by atoms with Crippen molar-refractivity contribution in [3.8, 4) is 0 Å². The van der Waals surface area contributed by atoms with Crippen molar-refractivity contribution in [1.82, 2.24) is 0 Å². The number of nitrogen functional groups attached to an aromatic ring is 1. The summed E-state index contributed by atoms with van der Waals surface area (Å²) in [4.78, 5) is 0. The third kappa shape index (κ3) is 2.53. The Morgan fingerprint density at radius 2 is 1.83 bits per heavy atom. The van der Waals surface area contributed by atoms with Crippen molar-refractivity contribution in [3.63, 3.8) is 0 Å². The molecular weight excluding hydrogens is 152 g/mol. The van der Waals surface area contributed by atoms with E-state index in [0.717, 1.165) is 11.3 Å². The van der Waals surface area contributed by atoms with Crippen LogP contribution in [0.4, 0.5) is 5.69 Å². The van der Waals surface area contributed by atoms with Crippen molar-refractivity contribution in [2.24, 2.45) is 5.73 Å². The number of anilines is 1. The molecule has 0 amide bonds. The Kier molecular flexibility index (Phi) is 3.08. The smallest absolute Gasteiger partial charge is 0.0585 e. The molecule has 0 spiro atoms. The van der Waals surface area contributed by atoms with E-state index < -0.39 is 0 Å². The Labute approximate surface area is 72.0 Å². The van der Waals surface area contributed by atoms with Gasteiger partial charge in [-0.05, 0) is 24.1 Å². The second-order valence-corrected chi connectivity index (χ2v) is 2.89. The Bertz CT molecular complexity index is 233. The Balaban J connectivity index is 2.58. The van der Waals surface area contributed by atoms with Crippen LogP contribution in [0.15, 0.2) is 24.3 Å². The summed E-state index contributed by atoms with van der Waals surface area (Å²) in [5.41, 5.74) is 12.9. The highest BCUT2D eigenvalue weighted by atomic mass is 16.3. The van der Waals surface area contributed by atoms with Gasteiger partial charge >= 0.3 is 0 Å². The molecule has 1 atom stereocenters. The van der Waals surface area contributed by atoms with Crippen LogP contribution in [0, 0.1) is 0 Å². The van der Waals surface area contributed by atoms with Crippen molar-refractivity contribution in [2.45, 2.75) is 12.5 Å². The van der Waals surface area contributed by atoms with Gasteiger partial charge in [-0.15, -0.1) is 0 Å². The van der Waals surface area contributed by atoms with Gasteiger partial charge in [0.2, 0.25) is 0 Å². The first-order valence-electron chi connectivity index (χ1n) is 3.93. The Morgan fingerprint density at radius 3 is 2.33 bits per heavy atom. The molecule has 0 saturated carbocycles. The van der Waals surface area contributed by atoms with Crippen molar-refractivity contribution >= 4 is 5.69 Å². The average molecular weight is 166 g/mol. The molecule has 0 bridgehead atoms. The monoisotopic (exact) mass is 166 g/mol. The molecule has 0 aliphatic heterocycles. The topological polar surface area (TPSA) is 72.3 Å². The highest BCUT2D eigenvalue weighted by molar-refractivity contribution is 5.39. The van der Waals surface area contributed by atoms with Crippen LogP contribution in [-0.2, 0) is 6.42 Å². The predicted octanol–water partition coefficient (Wildman–Crippen LogP) is 0.131. The van der Waals surface area contributed by atoms with E-state index in [2.05, 4.69) is 0 Å². The molecule has 0 aromatic heterocycles. The predicted molar refractivity (Wildman–Crippen MR) is 49.6 cm³/mol. The molecule has 5 N–H and O–H groups in total. The molecule has 3 nitrogen and oxygen atoms in total. The molecule has 1 rings (SSSR count). The maximum Gasteiger partial charge on any atom is 0.0585 e. The summed E-state index contributed by atoms with van der Waals surface area (Å²) in [6.45, 7) is 0.0182. The fourth-order valence-corrected chi connectivity index (χ4v) is 1.02. The minimum atomic E-state index is -0.173. The lowest BCUT2D eigenvalue weighted by atomic mass is 10.1. The van der Waals surface area contributed by atoms with Crippen LogP contribution in [0.2, 0.25) is 0 Å². The highest BCUT2D eigenvalue weighted by Crippen LogP contribution is 2.06. The van der Waals surface area contributed by atoms with Crippen molar-refractivity contribution in [1.29, 1.82) is 0 Å². The molecule has 0 fully saturated rings. The lowest BCUT2D eigenvalue weighted by Gasteiger charge is -2.07. The van der Waals surface area contributed by atoms with Gasteiger partial charge in [-0.2, -0.15) is 0 Å². The first kappa shape index (κ1) is 9.03. The highest BCUT2D eigenvalue weighted by Gasteiger charge is 2.00. The molecule has 0 unspecified atom stereocenters. The van der Waals surface area contributed by atoms with E-state index >= 15 is 0 Å². The summed E-state index contributed by atoms with van der Waals surface area (Å²) < 4.78 is 0. The standard InChI is InChI=1S/C9H14N2O/c10-8-3-1-7(2-4-8)5-9(11)6-12/h1-4,9,12H,5-6,10-11H2/t9-/m1/s1. The maximum atomic E-state index is 8.70. The zero-order chi connectivity index (χ0) is 8.97. The van der Waals surface area contributed by atoms with Crippen LogP contribution in [-0.4, -0.2) is 17.8 Å². The summed E-state index contributed by atoms with van der Waals surface area (Å²) in [6.07, 6.45) is 0.691. The quantitative estimate of drug-likeness (QED) is 0.559. The number of hydrogen-bond donors (Lipinski definition) is 3. The third-order valence-electron chi connectivity index (χ3n) is 1.71. The summed E-state index contributed by atoms with van der Waals surface area (Å²) in [7, 11) is 0. The molecule has 3 heteroatoms. The van der Waals surface area contributed by atoms with Crippen LogP contribution >= 0.6 is 0 Å². The molecule has 0 saturated heterocycles. The number of nitrogens with two attached hydrogens (primary N) is 2. The van der Waals surface area contributed by atoms with Crippen LogP contribution in [0.3, 0.4) is 0 Å². The zero-order valence-electron chi connectivity index (χ0n) is 6.90. The summed E-state index contributed by atoms with van der Waals surface area (Å²) in [6, 6.07) is 7.34. The SMILES string of the molecule is Nc1ccc(C[C@@H](N)CO)cc1. The second-order valence-electron chi connectivity index (χ2n) is 2.89. The number of rotatable bonds is 3. The number of hydrogen-bond acceptors (Lipinski definition) is 3. The minimum absolute atomic E-state index is 0.0182. The van der Waals surface area contributed by atoms with Crippen LogP contribution in [0.5, 0.6) is 0 Å². The number of aliphatic hydroxyl groups excluding tert-OH is 1. The van der Waals surface area contributed by atoms with Gasteiger partial charge in [0.05, 0.1) is 6.61 Å². The Morgan fingerprint density at radius 1 is 1.25 bits per heavy atom. The zero-order valence-corrected chi connectivity index (χ0v) is 6.90. The van der Waals surface area contributed by atoms with Gasteiger partial charge in [0, 0.05) is 11.7 Å². The average Bonchev–Trinajstić information content (AvgIpc) is 2.09. The molecule has 0 radical (unpaired) electrons. The molecular formula is C9H14N2O. The van der Waals surface area contributed by atoms with Crippen molar-refractivity contribution in [2.75, 3.05) is 12.3 Å². The second kappa shape index (κ2) is 4.09.